The van der Waals surface area contributed by atoms with Crippen LogP contribution < -0.4 is 5.32 Å². The SMILES string of the molecule is CCC(CC)(CN=C(N(C)C)N(C)C)NC(C)c1ccccc1.I. The lowest BCUT2D eigenvalue weighted by atomic mass is 9.90. The summed E-state index contributed by atoms with van der Waals surface area (Å²) in [5.74, 6) is 1.01. The van der Waals surface area contributed by atoms with Crippen molar-refractivity contribution in [3.63, 3.8) is 0 Å². The Morgan fingerprint density at radius 1 is 1.04 bits per heavy atom. The molecule has 138 valence electrons. The number of hydrogen-bond acceptors (Lipinski definition) is 2. The zero-order chi connectivity index (χ0) is 17.5. The number of rotatable bonds is 7. The predicted molar refractivity (Wildman–Crippen MR) is 116 cm³/mol. The maximum Gasteiger partial charge on any atom is 0.195 e. The molecule has 1 unspecified atom stereocenters. The van der Waals surface area contributed by atoms with Gasteiger partial charge in [-0.25, -0.2) is 0 Å². The molecule has 0 amide bonds. The summed E-state index contributed by atoms with van der Waals surface area (Å²) in [6.45, 7) is 7.50. The van der Waals surface area contributed by atoms with Gasteiger partial charge < -0.3 is 15.1 Å². The van der Waals surface area contributed by atoms with Crippen LogP contribution in [0.15, 0.2) is 35.3 Å². The Bertz CT molecular complexity index is 471. The average Bonchev–Trinajstić information content (AvgIpc) is 2.54. The Labute approximate surface area is 165 Å². The summed E-state index contributed by atoms with van der Waals surface area (Å²) in [4.78, 5) is 9.02. The number of aliphatic imine (C=N–C) groups is 1. The molecule has 1 N–H and O–H groups in total. The third-order valence-corrected chi connectivity index (χ3v) is 4.50. The highest BCUT2D eigenvalue weighted by Crippen LogP contribution is 2.22. The minimum absolute atomic E-state index is 0. The van der Waals surface area contributed by atoms with E-state index in [0.29, 0.717) is 6.04 Å². The van der Waals surface area contributed by atoms with Crippen LogP contribution in [0.2, 0.25) is 0 Å². The van der Waals surface area contributed by atoms with Crippen LogP contribution in [0.3, 0.4) is 0 Å². The predicted octanol–water partition coefficient (Wildman–Crippen LogP) is 3.99. The molecule has 0 fully saturated rings. The van der Waals surface area contributed by atoms with Crippen LogP contribution in [0.5, 0.6) is 0 Å². The molecule has 0 aliphatic heterocycles. The van der Waals surface area contributed by atoms with Crippen molar-refractivity contribution in [3.8, 4) is 0 Å². The first-order chi connectivity index (χ1) is 10.8. The lowest BCUT2D eigenvalue weighted by molar-refractivity contribution is 0.279. The molecule has 0 aliphatic rings. The topological polar surface area (TPSA) is 30.9 Å². The minimum atomic E-state index is 0. The second-order valence-corrected chi connectivity index (χ2v) is 6.67. The average molecular weight is 446 g/mol. The Morgan fingerprint density at radius 3 is 1.96 bits per heavy atom. The molecule has 0 heterocycles. The lowest BCUT2D eigenvalue weighted by Gasteiger charge is -2.36. The molecule has 5 heteroatoms. The van der Waals surface area contributed by atoms with Crippen LogP contribution in [0.4, 0.5) is 0 Å². The molecule has 0 radical (unpaired) electrons. The van der Waals surface area contributed by atoms with Gasteiger partial charge in [-0.1, -0.05) is 44.2 Å². The van der Waals surface area contributed by atoms with Gasteiger partial charge in [0.1, 0.15) is 0 Å². The second kappa shape index (κ2) is 10.9. The first-order valence-electron chi connectivity index (χ1n) is 8.57. The van der Waals surface area contributed by atoms with Gasteiger partial charge in [0, 0.05) is 39.8 Å². The van der Waals surface area contributed by atoms with E-state index in [9.17, 15) is 0 Å². The van der Waals surface area contributed by atoms with E-state index in [1.54, 1.807) is 0 Å². The van der Waals surface area contributed by atoms with Gasteiger partial charge in [0.15, 0.2) is 5.96 Å². The maximum absolute atomic E-state index is 4.89. The molecule has 0 spiro atoms. The van der Waals surface area contributed by atoms with Crippen molar-refractivity contribution in [1.29, 1.82) is 0 Å². The summed E-state index contributed by atoms with van der Waals surface area (Å²) in [6, 6.07) is 10.9. The molecule has 24 heavy (non-hydrogen) atoms. The van der Waals surface area contributed by atoms with E-state index in [0.717, 1.165) is 25.3 Å². The van der Waals surface area contributed by atoms with E-state index in [-0.39, 0.29) is 29.5 Å². The smallest absolute Gasteiger partial charge is 0.195 e. The number of halogens is 1. The largest absolute Gasteiger partial charge is 0.349 e. The highest BCUT2D eigenvalue weighted by atomic mass is 127. The fraction of sp³-hybridized carbons (Fsp3) is 0.632. The van der Waals surface area contributed by atoms with E-state index in [4.69, 9.17) is 4.99 Å². The van der Waals surface area contributed by atoms with Crippen molar-refractivity contribution >= 4 is 29.9 Å². The maximum atomic E-state index is 4.89. The summed E-state index contributed by atoms with van der Waals surface area (Å²) < 4.78 is 0. The van der Waals surface area contributed by atoms with E-state index in [1.165, 1.54) is 5.56 Å². The first-order valence-corrected chi connectivity index (χ1v) is 8.57. The molecule has 0 saturated heterocycles. The third-order valence-electron chi connectivity index (χ3n) is 4.50. The van der Waals surface area contributed by atoms with Crippen LogP contribution >= 0.6 is 24.0 Å². The number of nitrogens with zero attached hydrogens (tertiary/aromatic N) is 3. The zero-order valence-corrected chi connectivity index (χ0v) is 18.7. The molecule has 1 atom stereocenters. The van der Waals surface area contributed by atoms with Crippen molar-refractivity contribution in [2.45, 2.75) is 45.2 Å². The van der Waals surface area contributed by atoms with Crippen molar-refractivity contribution in [3.05, 3.63) is 35.9 Å². The Morgan fingerprint density at radius 2 is 1.54 bits per heavy atom. The molecular weight excluding hydrogens is 411 g/mol. The molecule has 0 saturated carbocycles. The van der Waals surface area contributed by atoms with Gasteiger partial charge in [0.05, 0.1) is 6.54 Å². The Hall–Kier alpha value is -0.820. The van der Waals surface area contributed by atoms with Crippen molar-refractivity contribution in [2.24, 2.45) is 4.99 Å². The lowest BCUT2D eigenvalue weighted by Crippen LogP contribution is -2.49. The summed E-state index contributed by atoms with van der Waals surface area (Å²) >= 11 is 0. The third kappa shape index (κ3) is 6.59. The summed E-state index contributed by atoms with van der Waals surface area (Å²) in [6.07, 6.45) is 2.11. The highest BCUT2D eigenvalue weighted by Gasteiger charge is 2.28. The molecule has 0 aliphatic carbocycles. The molecule has 1 aromatic rings. The zero-order valence-electron chi connectivity index (χ0n) is 16.3. The van der Waals surface area contributed by atoms with Gasteiger partial charge in [-0.15, -0.1) is 24.0 Å². The Kier molecular flexibility index (Phi) is 10.6. The number of benzene rings is 1. The minimum Gasteiger partial charge on any atom is -0.349 e. The van der Waals surface area contributed by atoms with Crippen molar-refractivity contribution in [2.75, 3.05) is 34.7 Å². The van der Waals surface area contributed by atoms with Gasteiger partial charge in [-0.2, -0.15) is 0 Å². The first kappa shape index (κ1) is 23.2. The fourth-order valence-corrected chi connectivity index (χ4v) is 2.91. The normalized spacial score (nSPS) is 12.1. The molecule has 1 aromatic carbocycles. The van der Waals surface area contributed by atoms with Gasteiger partial charge in [-0.3, -0.25) is 4.99 Å². The van der Waals surface area contributed by atoms with E-state index in [2.05, 4.69) is 66.2 Å². The van der Waals surface area contributed by atoms with Crippen LogP contribution in [-0.4, -0.2) is 56.0 Å². The second-order valence-electron chi connectivity index (χ2n) is 6.67. The van der Waals surface area contributed by atoms with Crippen LogP contribution in [0.25, 0.3) is 0 Å². The fourth-order valence-electron chi connectivity index (χ4n) is 2.91. The van der Waals surface area contributed by atoms with Crippen LogP contribution in [0, 0.1) is 0 Å². The molecular formula is C19H35IN4. The monoisotopic (exact) mass is 446 g/mol. The number of hydrogen-bond donors (Lipinski definition) is 1. The van der Waals surface area contributed by atoms with E-state index < -0.39 is 0 Å². The highest BCUT2D eigenvalue weighted by molar-refractivity contribution is 14.0. The summed E-state index contributed by atoms with van der Waals surface area (Å²) in [5, 5.41) is 3.84. The van der Waals surface area contributed by atoms with Gasteiger partial charge in [0.25, 0.3) is 0 Å². The molecule has 1 rings (SSSR count). The molecule has 0 aromatic heterocycles. The number of guanidine groups is 1. The summed E-state index contributed by atoms with van der Waals surface area (Å²) in [5.41, 5.74) is 1.34. The van der Waals surface area contributed by atoms with Gasteiger partial charge in [-0.05, 0) is 25.3 Å². The van der Waals surface area contributed by atoms with Gasteiger partial charge >= 0.3 is 0 Å². The number of nitrogens with one attached hydrogen (secondary N) is 1. The van der Waals surface area contributed by atoms with Crippen molar-refractivity contribution in [1.82, 2.24) is 15.1 Å². The van der Waals surface area contributed by atoms with Crippen LogP contribution in [0.1, 0.15) is 45.2 Å². The summed E-state index contributed by atoms with van der Waals surface area (Å²) in [7, 11) is 8.16. The van der Waals surface area contributed by atoms with E-state index >= 15 is 0 Å². The standard InChI is InChI=1S/C19H34N4.HI/c1-8-19(9-2,15-20-18(22(4)5)23(6)7)21-16(3)17-13-11-10-12-14-17;/h10-14,16,21H,8-9,15H2,1-7H3;1H. The quantitative estimate of drug-likeness (QED) is 0.390. The molecule has 0 bridgehead atoms. The van der Waals surface area contributed by atoms with E-state index in [1.807, 2.05) is 28.2 Å². The van der Waals surface area contributed by atoms with Crippen LogP contribution in [-0.2, 0) is 0 Å². The van der Waals surface area contributed by atoms with Crippen molar-refractivity contribution < 1.29 is 0 Å². The Balaban J connectivity index is 0.00000529. The van der Waals surface area contributed by atoms with Gasteiger partial charge in [0.2, 0.25) is 0 Å². The molecule has 4 nitrogen and oxygen atoms in total.